The van der Waals surface area contributed by atoms with Crippen molar-refractivity contribution in [3.05, 3.63) is 59.7 Å². The molecule has 0 bridgehead atoms. The second kappa shape index (κ2) is 13.7. The maximum Gasteiger partial charge on any atom is 0.411 e. The number of rotatable bonds is 7. The van der Waals surface area contributed by atoms with E-state index in [9.17, 15) is 18.8 Å². The molecule has 1 aromatic heterocycles. The van der Waals surface area contributed by atoms with Gasteiger partial charge in [-0.2, -0.15) is 4.39 Å². The van der Waals surface area contributed by atoms with Crippen molar-refractivity contribution >= 4 is 18.1 Å². The molecule has 2 atom stereocenters. The second-order valence-electron chi connectivity index (χ2n) is 15.1. The first-order valence-electron chi connectivity index (χ1n) is 16.7. The lowest BCUT2D eigenvalue weighted by atomic mass is 9.71. The molecule has 2 saturated heterocycles. The average molecular weight is 653 g/mol. The van der Waals surface area contributed by atoms with E-state index in [1.165, 1.54) is 6.20 Å². The van der Waals surface area contributed by atoms with Gasteiger partial charge in [0.05, 0.1) is 0 Å². The third-order valence-electron chi connectivity index (χ3n) is 9.28. The van der Waals surface area contributed by atoms with Crippen molar-refractivity contribution in [2.75, 3.05) is 32.7 Å². The summed E-state index contributed by atoms with van der Waals surface area (Å²) < 4.78 is 31.5. The molecule has 1 aromatic carbocycles. The minimum absolute atomic E-state index is 0.0256. The largest absolute Gasteiger partial charge is 0.488 e. The fraction of sp³-hybridized carbons (Fsp3) is 0.611. The lowest BCUT2D eigenvalue weighted by Crippen LogP contribution is -2.52. The number of para-hydroxylation sites is 1. The van der Waals surface area contributed by atoms with Crippen LogP contribution in [0.3, 0.4) is 0 Å². The first-order valence-corrected chi connectivity index (χ1v) is 16.7. The van der Waals surface area contributed by atoms with Crippen LogP contribution in [-0.2, 0) is 20.9 Å². The molecule has 1 spiro atoms. The molecule has 3 aliphatic rings. The monoisotopic (exact) mass is 652 g/mol. The Balaban J connectivity index is 1.20. The summed E-state index contributed by atoms with van der Waals surface area (Å²) >= 11 is 0. The lowest BCUT2D eigenvalue weighted by Gasteiger charge is -2.47. The Morgan fingerprint density at radius 2 is 1.51 bits per heavy atom. The molecule has 11 heteroatoms. The van der Waals surface area contributed by atoms with Gasteiger partial charge in [-0.1, -0.05) is 18.2 Å². The molecule has 2 aromatic rings. The van der Waals surface area contributed by atoms with Gasteiger partial charge in [0.15, 0.2) is 0 Å². The van der Waals surface area contributed by atoms with Crippen molar-refractivity contribution in [2.45, 2.75) is 103 Å². The highest BCUT2D eigenvalue weighted by Gasteiger charge is 2.48. The van der Waals surface area contributed by atoms with Gasteiger partial charge in [0, 0.05) is 49.9 Å². The Morgan fingerprint density at radius 3 is 2.13 bits per heavy atom. The van der Waals surface area contributed by atoms with E-state index in [4.69, 9.17) is 14.2 Å². The van der Waals surface area contributed by atoms with Crippen LogP contribution < -0.4 is 4.74 Å². The SMILES string of the molecule is CC(C)(C)OC(=O)N1CCC2(CCN(C(=O)CN(C(=O)OC(C)(C)C)[C@@H]3C[C@H]3c3ccccc3OCc3cccnc3F)CC2)CC1. The van der Waals surface area contributed by atoms with Gasteiger partial charge >= 0.3 is 12.2 Å². The summed E-state index contributed by atoms with van der Waals surface area (Å²) in [7, 11) is 0. The summed E-state index contributed by atoms with van der Waals surface area (Å²) in [5.74, 6) is -0.110. The first-order chi connectivity index (χ1) is 22.1. The summed E-state index contributed by atoms with van der Waals surface area (Å²) in [6.45, 7) is 13.6. The van der Waals surface area contributed by atoms with E-state index in [1.807, 2.05) is 70.7 Å². The van der Waals surface area contributed by atoms with Crippen molar-refractivity contribution in [3.63, 3.8) is 0 Å². The quantitative estimate of drug-likeness (QED) is 0.314. The number of aromatic nitrogens is 1. The van der Waals surface area contributed by atoms with Gasteiger partial charge in [-0.3, -0.25) is 9.69 Å². The van der Waals surface area contributed by atoms with Crippen molar-refractivity contribution in [3.8, 4) is 5.75 Å². The number of amides is 3. The zero-order valence-corrected chi connectivity index (χ0v) is 28.6. The Bertz CT molecular complexity index is 1440. The molecular formula is C36H49FN4O6. The van der Waals surface area contributed by atoms with Crippen LogP contribution in [0.5, 0.6) is 5.75 Å². The van der Waals surface area contributed by atoms with Crippen LogP contribution in [0.4, 0.5) is 14.0 Å². The van der Waals surface area contributed by atoms with Gasteiger partial charge in [-0.25, -0.2) is 14.6 Å². The molecule has 0 N–H and O–H groups in total. The molecule has 2 aliphatic heterocycles. The Morgan fingerprint density at radius 1 is 0.894 bits per heavy atom. The fourth-order valence-electron chi connectivity index (χ4n) is 6.57. The number of likely N-dealkylation sites (tertiary alicyclic amines) is 2. The summed E-state index contributed by atoms with van der Waals surface area (Å²) in [5, 5.41) is 0. The zero-order chi connectivity index (χ0) is 34.0. The van der Waals surface area contributed by atoms with E-state index >= 15 is 0 Å². The van der Waals surface area contributed by atoms with Crippen molar-refractivity contribution < 1.29 is 33.0 Å². The van der Waals surface area contributed by atoms with Gasteiger partial charge in [-0.15, -0.1) is 0 Å². The molecule has 5 rings (SSSR count). The molecule has 1 saturated carbocycles. The maximum absolute atomic E-state index is 14.1. The minimum Gasteiger partial charge on any atom is -0.488 e. The molecule has 0 unspecified atom stereocenters. The second-order valence-corrected chi connectivity index (χ2v) is 15.1. The van der Waals surface area contributed by atoms with Crippen molar-refractivity contribution in [2.24, 2.45) is 5.41 Å². The predicted molar refractivity (Wildman–Crippen MR) is 174 cm³/mol. The highest BCUT2D eigenvalue weighted by molar-refractivity contribution is 5.83. The van der Waals surface area contributed by atoms with Gasteiger partial charge in [0.1, 0.15) is 30.1 Å². The molecule has 47 heavy (non-hydrogen) atoms. The number of carbonyl (C=O) groups is 3. The van der Waals surface area contributed by atoms with Gasteiger partial charge in [0.25, 0.3) is 0 Å². The van der Waals surface area contributed by atoms with E-state index in [1.54, 1.807) is 21.9 Å². The van der Waals surface area contributed by atoms with Crippen LogP contribution in [0.15, 0.2) is 42.6 Å². The normalized spacial score (nSPS) is 20.8. The molecule has 3 amide bonds. The molecular weight excluding hydrogens is 603 g/mol. The van der Waals surface area contributed by atoms with Crippen LogP contribution in [0.25, 0.3) is 0 Å². The molecule has 256 valence electrons. The number of nitrogens with zero attached hydrogens (tertiary/aromatic N) is 4. The average Bonchev–Trinajstić information content (AvgIpc) is 3.79. The van der Waals surface area contributed by atoms with E-state index in [0.717, 1.165) is 31.2 Å². The highest BCUT2D eigenvalue weighted by atomic mass is 19.1. The minimum atomic E-state index is -0.719. The third-order valence-corrected chi connectivity index (χ3v) is 9.28. The van der Waals surface area contributed by atoms with Gasteiger partial charge in [0.2, 0.25) is 11.9 Å². The van der Waals surface area contributed by atoms with Crippen LogP contribution in [0, 0.1) is 11.4 Å². The molecule has 3 heterocycles. The van der Waals surface area contributed by atoms with Crippen LogP contribution >= 0.6 is 0 Å². The number of pyridine rings is 1. The van der Waals surface area contributed by atoms with E-state index in [-0.39, 0.29) is 42.5 Å². The van der Waals surface area contributed by atoms with Crippen LogP contribution in [-0.4, -0.2) is 87.7 Å². The van der Waals surface area contributed by atoms with Crippen LogP contribution in [0.2, 0.25) is 0 Å². The smallest absolute Gasteiger partial charge is 0.411 e. The summed E-state index contributed by atoms with van der Waals surface area (Å²) in [5.41, 5.74) is 0.116. The lowest BCUT2D eigenvalue weighted by molar-refractivity contribution is -0.135. The number of piperidine rings is 2. The molecule has 10 nitrogen and oxygen atoms in total. The molecule has 1 aliphatic carbocycles. The van der Waals surface area contributed by atoms with Crippen molar-refractivity contribution in [1.29, 1.82) is 0 Å². The number of carbonyl (C=O) groups excluding carboxylic acids is 3. The van der Waals surface area contributed by atoms with E-state index in [2.05, 4.69) is 4.98 Å². The standard InChI is InChI=1S/C36H49FN4O6/c1-34(2,3)46-32(43)40-20-15-36(16-21-40)13-18-39(19-14-36)30(42)23-41(33(44)47-35(4,5)6)28-22-27(28)26-11-7-8-12-29(26)45-24-25-10-9-17-38-31(25)37/h7-12,17,27-28H,13-16,18-24H2,1-6H3/t27-,28+/m0/s1. The predicted octanol–water partition coefficient (Wildman–Crippen LogP) is 6.53. The van der Waals surface area contributed by atoms with Crippen LogP contribution in [0.1, 0.15) is 90.7 Å². The number of ether oxygens (including phenoxy) is 3. The zero-order valence-electron chi connectivity index (χ0n) is 28.6. The number of hydrogen-bond donors (Lipinski definition) is 0. The number of hydrogen-bond acceptors (Lipinski definition) is 7. The Kier molecular flexibility index (Phi) is 10.0. The topological polar surface area (TPSA) is 102 Å². The molecule has 0 radical (unpaired) electrons. The van der Waals surface area contributed by atoms with E-state index < -0.39 is 23.2 Å². The summed E-state index contributed by atoms with van der Waals surface area (Å²) in [6, 6.07) is 10.6. The van der Waals surface area contributed by atoms with Gasteiger partial charge in [-0.05, 0) is 103 Å². The first kappa shape index (κ1) is 34.4. The Labute approximate surface area is 277 Å². The third kappa shape index (κ3) is 8.93. The number of halogens is 1. The highest BCUT2D eigenvalue weighted by Crippen LogP contribution is 2.48. The Hall–Kier alpha value is -3.89. The fourth-order valence-corrected chi connectivity index (χ4v) is 6.57. The summed E-state index contributed by atoms with van der Waals surface area (Å²) in [6.07, 6.45) is 4.77. The van der Waals surface area contributed by atoms with Gasteiger partial charge < -0.3 is 24.0 Å². The van der Waals surface area contributed by atoms with E-state index in [0.29, 0.717) is 43.9 Å². The maximum atomic E-state index is 14.1. The molecule has 3 fully saturated rings. The number of benzene rings is 1. The van der Waals surface area contributed by atoms with Crippen molar-refractivity contribution in [1.82, 2.24) is 19.7 Å². The summed E-state index contributed by atoms with van der Waals surface area (Å²) in [4.78, 5) is 48.7.